The first-order chi connectivity index (χ1) is 42.1. The van der Waals surface area contributed by atoms with Crippen LogP contribution in [0.5, 0.6) is 23.0 Å². The number of aliphatic imine (C=N–C) groups is 2. The van der Waals surface area contributed by atoms with Crippen molar-refractivity contribution in [3.8, 4) is 67.5 Å². The van der Waals surface area contributed by atoms with Gasteiger partial charge in [0.15, 0.2) is 0 Å². The number of aromatic hydroxyl groups is 2. The van der Waals surface area contributed by atoms with Gasteiger partial charge in [0, 0.05) is 60.9 Å². The third kappa shape index (κ3) is 9.53. The molecule has 0 heterocycles. The van der Waals surface area contributed by atoms with Gasteiger partial charge in [-0.3, -0.25) is 9.98 Å². The number of unbranched alkanes of at least 4 members (excludes halogenated alkanes) is 6. The summed E-state index contributed by atoms with van der Waals surface area (Å²) in [5, 5.41) is 30.6. The molecule has 0 fully saturated rings. The lowest BCUT2D eigenvalue weighted by Crippen LogP contribution is -2.26. The highest BCUT2D eigenvalue weighted by molar-refractivity contribution is 6.00. The number of hydrogen-bond donors (Lipinski definition) is 4. The van der Waals surface area contributed by atoms with Gasteiger partial charge in [-0.15, -0.1) is 0 Å². The van der Waals surface area contributed by atoms with Gasteiger partial charge in [-0.2, -0.15) is 0 Å². The molecule has 8 nitrogen and oxygen atoms in total. The lowest BCUT2D eigenvalue weighted by molar-refractivity contribution is 0.391. The Kier molecular flexibility index (Phi) is 15.6. The zero-order valence-electron chi connectivity index (χ0n) is 50.7. The minimum absolute atomic E-state index is 0.266. The first kappa shape index (κ1) is 56.6. The van der Waals surface area contributed by atoms with Gasteiger partial charge in [0.1, 0.15) is 23.0 Å². The molecule has 2 spiro atoms. The van der Waals surface area contributed by atoms with E-state index >= 15 is 0 Å². The summed E-state index contributed by atoms with van der Waals surface area (Å²) in [6.07, 6.45) is 12.2. The van der Waals surface area contributed by atoms with Crippen LogP contribution < -0.4 is 20.1 Å². The number of hydrogen-bond acceptors (Lipinski definition) is 8. The van der Waals surface area contributed by atoms with E-state index in [1.165, 1.54) is 89.0 Å². The molecule has 4 aliphatic carbocycles. The second-order valence-corrected chi connectivity index (χ2v) is 24.3. The molecule has 0 bridgehead atoms. The number of aryl methyl sites for hydroxylation is 4. The predicted octanol–water partition coefficient (Wildman–Crippen LogP) is 16.6. The van der Waals surface area contributed by atoms with Crippen molar-refractivity contribution < 1.29 is 19.7 Å². The van der Waals surface area contributed by atoms with Crippen molar-refractivity contribution in [3.05, 3.63) is 247 Å². The zero-order chi connectivity index (χ0) is 59.1. The fraction of sp³-hybridized carbons (Fsp3) is 0.282. The molecule has 0 aliphatic heterocycles. The molecular weight excluding hydrogens is 1060 g/mol. The van der Waals surface area contributed by atoms with Gasteiger partial charge in [0.25, 0.3) is 0 Å². The molecule has 0 aromatic heterocycles. The maximum Gasteiger partial charge on any atom is 0.124 e. The maximum absolute atomic E-state index is 11.6. The molecule has 4 aliphatic rings. The van der Waals surface area contributed by atoms with Crippen molar-refractivity contribution in [2.45, 2.75) is 103 Å². The van der Waals surface area contributed by atoms with Crippen LogP contribution in [0.2, 0.25) is 0 Å². The molecule has 9 aromatic carbocycles. The molecule has 86 heavy (non-hydrogen) atoms. The average Bonchev–Trinajstić information content (AvgIpc) is 1.53. The summed E-state index contributed by atoms with van der Waals surface area (Å²) in [6, 6.07) is 57.2. The van der Waals surface area contributed by atoms with E-state index in [0.29, 0.717) is 26.2 Å². The number of nitrogens with one attached hydrogen (secondary N) is 2. The second-order valence-electron chi connectivity index (χ2n) is 24.3. The van der Waals surface area contributed by atoms with Gasteiger partial charge in [-0.1, -0.05) is 147 Å². The molecule has 0 saturated heterocycles. The molecule has 0 amide bonds. The van der Waals surface area contributed by atoms with E-state index in [1.54, 1.807) is 14.2 Å². The largest absolute Gasteiger partial charge is 0.507 e. The SMILES string of the molecule is COc1cc(CNCCCCCCN=Cc2cc3c(cc2O)C2(c4ccccc4-c4cc(C)c(C)cc42)c2ccccc2-3)c(OC)cc1CNCCCCCCN=Cc1cc2c(cc1O)C1(c3ccccc3-c3cc(C)c(C)cc31)c1ccccc1-2. The summed E-state index contributed by atoms with van der Waals surface area (Å²) in [4.78, 5) is 9.65. The lowest BCUT2D eigenvalue weighted by atomic mass is 9.70. The van der Waals surface area contributed by atoms with Crippen molar-refractivity contribution in [1.29, 1.82) is 0 Å². The van der Waals surface area contributed by atoms with Crippen LogP contribution in [-0.4, -0.2) is 63.0 Å². The van der Waals surface area contributed by atoms with Crippen LogP contribution in [0.1, 0.15) is 140 Å². The summed E-state index contributed by atoms with van der Waals surface area (Å²) in [5.74, 6) is 2.26. The smallest absolute Gasteiger partial charge is 0.124 e. The van der Waals surface area contributed by atoms with Gasteiger partial charge < -0.3 is 30.3 Å². The third-order valence-electron chi connectivity index (χ3n) is 19.3. The average molecular weight is 1140 g/mol. The number of ether oxygens (including phenoxy) is 2. The summed E-state index contributed by atoms with van der Waals surface area (Å²) in [6.45, 7) is 13.4. The van der Waals surface area contributed by atoms with Crippen molar-refractivity contribution >= 4 is 12.4 Å². The number of phenolic OH excluding ortho intramolecular Hbond substituents is 2. The van der Waals surface area contributed by atoms with Crippen LogP contribution in [0.25, 0.3) is 44.5 Å². The Bertz CT molecular complexity index is 3890. The maximum atomic E-state index is 11.6. The number of benzene rings is 9. The van der Waals surface area contributed by atoms with E-state index in [9.17, 15) is 10.2 Å². The highest BCUT2D eigenvalue weighted by Crippen LogP contribution is 2.65. The summed E-state index contributed by atoms with van der Waals surface area (Å²) >= 11 is 0. The topological polar surface area (TPSA) is 108 Å². The van der Waals surface area contributed by atoms with Gasteiger partial charge in [0.2, 0.25) is 0 Å². The van der Waals surface area contributed by atoms with Crippen molar-refractivity contribution in [3.63, 3.8) is 0 Å². The Morgan fingerprint density at radius 2 is 0.698 bits per heavy atom. The highest BCUT2D eigenvalue weighted by Gasteiger charge is 2.53. The van der Waals surface area contributed by atoms with Crippen molar-refractivity contribution in [1.82, 2.24) is 10.6 Å². The van der Waals surface area contributed by atoms with Crippen LogP contribution >= 0.6 is 0 Å². The van der Waals surface area contributed by atoms with Gasteiger partial charge in [0.05, 0.1) is 25.0 Å². The fourth-order valence-electron chi connectivity index (χ4n) is 14.8. The van der Waals surface area contributed by atoms with Crippen LogP contribution in [0.3, 0.4) is 0 Å². The summed E-state index contributed by atoms with van der Waals surface area (Å²) in [7, 11) is 3.48. The Morgan fingerprint density at radius 3 is 1.07 bits per heavy atom. The van der Waals surface area contributed by atoms with E-state index in [0.717, 1.165) is 120 Å². The number of phenols is 2. The number of fused-ring (bicyclic) bond motifs is 20. The Hall–Kier alpha value is -8.56. The second kappa shape index (κ2) is 23.7. The van der Waals surface area contributed by atoms with Crippen molar-refractivity contribution in [2.75, 3.05) is 40.4 Å². The summed E-state index contributed by atoms with van der Waals surface area (Å²) < 4.78 is 11.8. The molecule has 4 N–H and O–H groups in total. The Labute approximate surface area is 507 Å². The molecule has 9 aromatic rings. The van der Waals surface area contributed by atoms with E-state index in [4.69, 9.17) is 19.5 Å². The van der Waals surface area contributed by atoms with Gasteiger partial charge in [-0.25, -0.2) is 0 Å². The standard InChI is InChI=1S/C78H78N4O4/c1-49-35-61-57-23-11-15-27-65(57)77(69(61)37-51(49)3)67-29-17-13-25-59(67)63-39-53(73(83)43-71(63)77)45-79-31-19-7-9-21-33-81-47-55-41-76(86-6)56(42-75(55)85-5)48-82-34-22-10-8-20-32-80-46-54-40-64-60-26-14-18-30-68(60)78(72(64)44-74(54)84)66-28-16-12-24-58(66)62-36-50(2)52(4)38-70(62)78/h11-18,23-30,35-46,81-84H,7-10,19-22,31-34,47-48H2,1-6H3. The molecule has 0 saturated carbocycles. The van der Waals surface area contributed by atoms with E-state index in [1.807, 2.05) is 24.6 Å². The van der Waals surface area contributed by atoms with Crippen LogP contribution in [-0.2, 0) is 23.9 Å². The van der Waals surface area contributed by atoms with E-state index < -0.39 is 10.8 Å². The summed E-state index contributed by atoms with van der Waals surface area (Å²) in [5.41, 5.74) is 27.6. The lowest BCUT2D eigenvalue weighted by Gasteiger charge is -2.31. The zero-order valence-corrected chi connectivity index (χ0v) is 50.7. The Morgan fingerprint density at radius 1 is 0.372 bits per heavy atom. The molecule has 2 atom stereocenters. The molecule has 2 unspecified atom stereocenters. The minimum Gasteiger partial charge on any atom is -0.507 e. The molecule has 8 heteroatoms. The van der Waals surface area contributed by atoms with E-state index in [-0.39, 0.29) is 11.5 Å². The van der Waals surface area contributed by atoms with Crippen LogP contribution in [0.15, 0.2) is 168 Å². The third-order valence-corrected chi connectivity index (χ3v) is 19.3. The first-order valence-corrected chi connectivity index (χ1v) is 31.1. The molecular formula is C78H78N4O4. The highest BCUT2D eigenvalue weighted by atomic mass is 16.5. The monoisotopic (exact) mass is 1130 g/mol. The first-order valence-electron chi connectivity index (χ1n) is 31.1. The predicted molar refractivity (Wildman–Crippen MR) is 353 cm³/mol. The normalized spacial score (nSPS) is 16.2. The van der Waals surface area contributed by atoms with Crippen LogP contribution in [0, 0.1) is 27.7 Å². The number of rotatable bonds is 22. The molecule has 434 valence electrons. The van der Waals surface area contributed by atoms with Gasteiger partial charge >= 0.3 is 0 Å². The Balaban J connectivity index is 0.544. The molecule has 0 radical (unpaired) electrons. The fourth-order valence-corrected chi connectivity index (χ4v) is 14.8. The van der Waals surface area contributed by atoms with Crippen LogP contribution in [0.4, 0.5) is 0 Å². The van der Waals surface area contributed by atoms with E-state index in [2.05, 4.69) is 184 Å². The number of methoxy groups -OCH3 is 2. The minimum atomic E-state index is -0.485. The van der Waals surface area contributed by atoms with Gasteiger partial charge in [-0.05, 0) is 214 Å². The quantitative estimate of drug-likeness (QED) is 0.0398. The molecule has 13 rings (SSSR count). The van der Waals surface area contributed by atoms with Crippen molar-refractivity contribution in [2.24, 2.45) is 9.98 Å². The number of nitrogens with zero attached hydrogens (tertiary/aromatic N) is 2.